The van der Waals surface area contributed by atoms with E-state index in [0.29, 0.717) is 19.7 Å². The maximum absolute atomic E-state index is 12.1. The van der Waals surface area contributed by atoms with Crippen LogP contribution < -0.4 is 10.5 Å². The minimum atomic E-state index is -0.0716. The van der Waals surface area contributed by atoms with Gasteiger partial charge in [-0.05, 0) is 30.7 Å². The molecule has 4 nitrogen and oxygen atoms in total. The van der Waals surface area contributed by atoms with Crippen molar-refractivity contribution in [3.05, 3.63) is 28.7 Å². The summed E-state index contributed by atoms with van der Waals surface area (Å²) in [6, 6.07) is 7.64. The Bertz CT molecular complexity index is 409. The summed E-state index contributed by atoms with van der Waals surface area (Å²) in [5.74, 6) is 0.837. The van der Waals surface area contributed by atoms with Crippen molar-refractivity contribution >= 4 is 21.8 Å². The summed E-state index contributed by atoms with van der Waals surface area (Å²) in [5.41, 5.74) is 5.65. The molecule has 1 atom stereocenters. The zero-order valence-corrected chi connectivity index (χ0v) is 13.7. The number of amides is 1. The molecule has 0 heterocycles. The quantitative estimate of drug-likeness (QED) is 0.790. The molecular weight excluding hydrogens is 320 g/mol. The molecule has 1 aromatic rings. The molecule has 5 heteroatoms. The van der Waals surface area contributed by atoms with Gasteiger partial charge in [-0.15, -0.1) is 0 Å². The third-order valence-electron chi connectivity index (χ3n) is 3.16. The van der Waals surface area contributed by atoms with Gasteiger partial charge in [0.05, 0.1) is 12.5 Å². The van der Waals surface area contributed by atoms with Gasteiger partial charge in [-0.3, -0.25) is 4.79 Å². The first kappa shape index (κ1) is 17.0. The number of nitrogens with zero attached hydrogens (tertiary/aromatic N) is 1. The fraction of sp³-hybridized carbons (Fsp3) is 0.533. The monoisotopic (exact) mass is 342 g/mol. The second kappa shape index (κ2) is 8.97. The highest BCUT2D eigenvalue weighted by Gasteiger charge is 2.19. The topological polar surface area (TPSA) is 55.6 Å². The Hall–Kier alpha value is -1.07. The lowest BCUT2D eigenvalue weighted by Crippen LogP contribution is -2.38. The van der Waals surface area contributed by atoms with Crippen LogP contribution in [0.1, 0.15) is 19.8 Å². The Labute approximate surface area is 129 Å². The molecule has 1 rings (SSSR count). The van der Waals surface area contributed by atoms with Crippen LogP contribution in [-0.2, 0) is 4.79 Å². The average molecular weight is 343 g/mol. The number of hydrogen-bond donors (Lipinski definition) is 1. The minimum Gasteiger partial charge on any atom is -0.492 e. The first-order valence-electron chi connectivity index (χ1n) is 6.91. The molecule has 2 N–H and O–H groups in total. The molecule has 1 amide bonds. The van der Waals surface area contributed by atoms with Crippen LogP contribution >= 0.6 is 15.9 Å². The predicted octanol–water partition coefficient (Wildman–Crippen LogP) is 2.66. The van der Waals surface area contributed by atoms with Gasteiger partial charge in [0, 0.05) is 18.1 Å². The molecule has 0 aromatic heterocycles. The molecule has 1 aromatic carbocycles. The first-order chi connectivity index (χ1) is 9.58. The molecule has 0 aliphatic heterocycles. The lowest BCUT2D eigenvalue weighted by Gasteiger charge is -2.22. The minimum absolute atomic E-state index is 0.0716. The summed E-state index contributed by atoms with van der Waals surface area (Å²) in [4.78, 5) is 13.8. The Morgan fingerprint density at radius 3 is 2.60 bits per heavy atom. The van der Waals surface area contributed by atoms with Gasteiger partial charge in [0.2, 0.25) is 5.91 Å². The van der Waals surface area contributed by atoms with Crippen LogP contribution in [0.15, 0.2) is 28.7 Å². The molecule has 1 unspecified atom stereocenters. The number of nitrogens with two attached hydrogens (primary N) is 1. The van der Waals surface area contributed by atoms with Crippen LogP contribution in [0.5, 0.6) is 5.75 Å². The van der Waals surface area contributed by atoms with Crippen molar-refractivity contribution in [2.75, 3.05) is 26.7 Å². The number of benzene rings is 1. The average Bonchev–Trinajstić information content (AvgIpc) is 2.46. The van der Waals surface area contributed by atoms with E-state index < -0.39 is 0 Å². The number of likely N-dealkylation sites (N-methyl/N-ethyl adjacent to an activating group) is 1. The van der Waals surface area contributed by atoms with E-state index in [0.717, 1.165) is 23.1 Å². The number of hydrogen-bond acceptors (Lipinski definition) is 3. The van der Waals surface area contributed by atoms with Crippen LogP contribution in [0.25, 0.3) is 0 Å². The zero-order chi connectivity index (χ0) is 15.0. The highest BCUT2D eigenvalue weighted by molar-refractivity contribution is 9.10. The molecular formula is C15H23BrN2O2. The van der Waals surface area contributed by atoms with Gasteiger partial charge in [0.1, 0.15) is 12.4 Å². The molecule has 0 saturated carbocycles. The SMILES string of the molecule is CCCC(CN)C(=O)N(C)CCOc1ccc(Br)cc1. The zero-order valence-electron chi connectivity index (χ0n) is 12.1. The molecule has 0 spiro atoms. The molecule has 0 aliphatic carbocycles. The van der Waals surface area contributed by atoms with E-state index in [1.54, 1.807) is 11.9 Å². The number of carbonyl (C=O) groups is 1. The second-order valence-electron chi connectivity index (χ2n) is 4.78. The van der Waals surface area contributed by atoms with Crippen LogP contribution in [0.3, 0.4) is 0 Å². The van der Waals surface area contributed by atoms with Gasteiger partial charge >= 0.3 is 0 Å². The fourth-order valence-corrected chi connectivity index (χ4v) is 2.21. The van der Waals surface area contributed by atoms with Gasteiger partial charge < -0.3 is 15.4 Å². The van der Waals surface area contributed by atoms with Crippen LogP contribution in [-0.4, -0.2) is 37.6 Å². The molecule has 0 saturated heterocycles. The Morgan fingerprint density at radius 1 is 1.40 bits per heavy atom. The number of carbonyl (C=O) groups excluding carboxylic acids is 1. The largest absolute Gasteiger partial charge is 0.492 e. The standard InChI is InChI=1S/C15H23BrN2O2/c1-3-4-12(11-17)15(19)18(2)9-10-20-14-7-5-13(16)6-8-14/h5-8,12H,3-4,9-11,17H2,1-2H3. The maximum Gasteiger partial charge on any atom is 0.226 e. The van der Waals surface area contributed by atoms with Crippen molar-refractivity contribution in [2.24, 2.45) is 11.7 Å². The van der Waals surface area contributed by atoms with E-state index in [1.807, 2.05) is 24.3 Å². The summed E-state index contributed by atoms with van der Waals surface area (Å²) >= 11 is 3.37. The summed E-state index contributed by atoms with van der Waals surface area (Å²) < 4.78 is 6.63. The third-order valence-corrected chi connectivity index (χ3v) is 3.68. The van der Waals surface area contributed by atoms with E-state index in [2.05, 4.69) is 22.9 Å². The third kappa shape index (κ3) is 5.51. The summed E-state index contributed by atoms with van der Waals surface area (Å²) in [6.07, 6.45) is 1.81. The number of halogens is 1. The van der Waals surface area contributed by atoms with Crippen molar-refractivity contribution in [3.8, 4) is 5.75 Å². The molecule has 0 radical (unpaired) electrons. The molecule has 0 aliphatic rings. The van der Waals surface area contributed by atoms with E-state index in [1.165, 1.54) is 0 Å². The summed E-state index contributed by atoms with van der Waals surface area (Å²) in [6.45, 7) is 3.51. The summed E-state index contributed by atoms with van der Waals surface area (Å²) in [7, 11) is 1.80. The second-order valence-corrected chi connectivity index (χ2v) is 5.70. The first-order valence-corrected chi connectivity index (χ1v) is 7.71. The van der Waals surface area contributed by atoms with Crippen molar-refractivity contribution < 1.29 is 9.53 Å². The molecule has 0 fully saturated rings. The summed E-state index contributed by atoms with van der Waals surface area (Å²) in [5, 5.41) is 0. The molecule has 20 heavy (non-hydrogen) atoms. The normalized spacial score (nSPS) is 12.0. The van der Waals surface area contributed by atoms with Gasteiger partial charge in [0.25, 0.3) is 0 Å². The predicted molar refractivity (Wildman–Crippen MR) is 84.7 cm³/mol. The van der Waals surface area contributed by atoms with Crippen LogP contribution in [0.2, 0.25) is 0 Å². The highest BCUT2D eigenvalue weighted by Crippen LogP contribution is 2.16. The Balaban J connectivity index is 2.36. The maximum atomic E-state index is 12.1. The Kier molecular flexibility index (Phi) is 7.62. The van der Waals surface area contributed by atoms with Crippen LogP contribution in [0.4, 0.5) is 0 Å². The van der Waals surface area contributed by atoms with E-state index in [9.17, 15) is 4.79 Å². The van der Waals surface area contributed by atoms with Crippen molar-refractivity contribution in [2.45, 2.75) is 19.8 Å². The van der Waals surface area contributed by atoms with E-state index in [4.69, 9.17) is 10.5 Å². The van der Waals surface area contributed by atoms with Gasteiger partial charge in [0.15, 0.2) is 0 Å². The van der Waals surface area contributed by atoms with Crippen molar-refractivity contribution in [3.63, 3.8) is 0 Å². The molecule has 0 bridgehead atoms. The molecule has 112 valence electrons. The van der Waals surface area contributed by atoms with Gasteiger partial charge in [-0.2, -0.15) is 0 Å². The van der Waals surface area contributed by atoms with E-state index in [-0.39, 0.29) is 11.8 Å². The highest BCUT2D eigenvalue weighted by atomic mass is 79.9. The van der Waals surface area contributed by atoms with Crippen molar-refractivity contribution in [1.82, 2.24) is 4.90 Å². The van der Waals surface area contributed by atoms with Crippen LogP contribution in [0, 0.1) is 5.92 Å². The Morgan fingerprint density at radius 2 is 2.05 bits per heavy atom. The fourth-order valence-electron chi connectivity index (χ4n) is 1.94. The lowest BCUT2D eigenvalue weighted by molar-refractivity contribution is -0.134. The lowest BCUT2D eigenvalue weighted by atomic mass is 10.0. The van der Waals surface area contributed by atoms with Gasteiger partial charge in [-0.1, -0.05) is 29.3 Å². The number of ether oxygens (including phenoxy) is 1. The number of rotatable bonds is 8. The van der Waals surface area contributed by atoms with Gasteiger partial charge in [-0.25, -0.2) is 0 Å². The van der Waals surface area contributed by atoms with Crippen molar-refractivity contribution in [1.29, 1.82) is 0 Å². The smallest absolute Gasteiger partial charge is 0.226 e. The van der Waals surface area contributed by atoms with E-state index >= 15 is 0 Å².